The summed E-state index contributed by atoms with van der Waals surface area (Å²) in [6.45, 7) is 5.17. The maximum atomic E-state index is 13.4. The lowest BCUT2D eigenvalue weighted by atomic mass is 9.96. The van der Waals surface area contributed by atoms with Crippen LogP contribution in [-0.4, -0.2) is 43.2 Å². The van der Waals surface area contributed by atoms with Gasteiger partial charge in [0.15, 0.2) is 0 Å². The summed E-state index contributed by atoms with van der Waals surface area (Å²) in [6.07, 6.45) is 2.57. The van der Waals surface area contributed by atoms with Crippen LogP contribution in [0.25, 0.3) is 0 Å². The van der Waals surface area contributed by atoms with Crippen LogP contribution in [0.2, 0.25) is 5.02 Å². The molecule has 5 nitrogen and oxygen atoms in total. The first-order chi connectivity index (χ1) is 13.8. The number of benzene rings is 1. The van der Waals surface area contributed by atoms with Crippen molar-refractivity contribution in [3.63, 3.8) is 0 Å². The van der Waals surface area contributed by atoms with E-state index < -0.39 is 15.8 Å². The highest BCUT2D eigenvalue weighted by molar-refractivity contribution is 7.89. The second-order valence-corrected chi connectivity index (χ2v) is 10.2. The molecule has 9 heteroatoms. The van der Waals surface area contributed by atoms with E-state index in [4.69, 9.17) is 11.6 Å². The summed E-state index contributed by atoms with van der Waals surface area (Å²) in [5.41, 5.74) is 0. The van der Waals surface area contributed by atoms with Crippen LogP contribution >= 0.6 is 22.9 Å². The molecule has 1 saturated heterocycles. The molecule has 1 fully saturated rings. The Labute approximate surface area is 179 Å². The number of halogens is 2. The minimum atomic E-state index is -3.78. The van der Waals surface area contributed by atoms with E-state index in [-0.39, 0.29) is 34.8 Å². The molecule has 156 valence electrons. The van der Waals surface area contributed by atoms with Crippen molar-refractivity contribution in [1.29, 1.82) is 0 Å². The number of sulfonamides is 1. The fourth-order valence-electron chi connectivity index (χ4n) is 3.37. The molecule has 1 amide bonds. The van der Waals surface area contributed by atoms with Crippen LogP contribution < -0.4 is 0 Å². The highest BCUT2D eigenvalue weighted by atomic mass is 35.5. The lowest BCUT2D eigenvalue weighted by Crippen LogP contribution is -2.44. The van der Waals surface area contributed by atoms with Gasteiger partial charge in [0, 0.05) is 30.4 Å². The van der Waals surface area contributed by atoms with Crippen molar-refractivity contribution in [2.75, 3.05) is 19.6 Å². The van der Waals surface area contributed by atoms with Gasteiger partial charge in [0.05, 0.1) is 16.5 Å². The number of nitrogens with zero attached hydrogens (tertiary/aromatic N) is 2. The monoisotopic (exact) mass is 456 g/mol. The van der Waals surface area contributed by atoms with Gasteiger partial charge in [-0.1, -0.05) is 23.7 Å². The first kappa shape index (κ1) is 22.0. The zero-order valence-electron chi connectivity index (χ0n) is 15.8. The van der Waals surface area contributed by atoms with Gasteiger partial charge in [0.25, 0.3) is 0 Å². The SMILES string of the molecule is C=CCN(Cc1cccs1)C(=O)C1CCN(S(=O)(=O)c2ccc(F)c(Cl)c2)CC1. The fraction of sp³-hybridized carbons (Fsp3) is 0.350. The summed E-state index contributed by atoms with van der Waals surface area (Å²) >= 11 is 7.32. The van der Waals surface area contributed by atoms with Crippen LogP contribution in [0.5, 0.6) is 0 Å². The third-order valence-electron chi connectivity index (χ3n) is 4.92. The van der Waals surface area contributed by atoms with Crippen LogP contribution in [0.4, 0.5) is 4.39 Å². The molecular weight excluding hydrogens is 435 g/mol. The van der Waals surface area contributed by atoms with Crippen LogP contribution in [0.3, 0.4) is 0 Å². The number of piperidine rings is 1. The van der Waals surface area contributed by atoms with Gasteiger partial charge in [-0.3, -0.25) is 4.79 Å². The predicted octanol–water partition coefficient (Wildman–Crippen LogP) is 4.16. The first-order valence-corrected chi connectivity index (χ1v) is 11.9. The van der Waals surface area contributed by atoms with E-state index >= 15 is 0 Å². The van der Waals surface area contributed by atoms with Crippen molar-refractivity contribution in [2.24, 2.45) is 5.92 Å². The Morgan fingerprint density at radius 1 is 1.34 bits per heavy atom. The quantitative estimate of drug-likeness (QED) is 0.588. The lowest BCUT2D eigenvalue weighted by molar-refractivity contribution is -0.136. The number of rotatable bonds is 7. The van der Waals surface area contributed by atoms with E-state index in [0.29, 0.717) is 25.9 Å². The summed E-state index contributed by atoms with van der Waals surface area (Å²) in [4.78, 5) is 15.8. The molecule has 0 aliphatic carbocycles. The number of hydrogen-bond acceptors (Lipinski definition) is 4. The molecule has 29 heavy (non-hydrogen) atoms. The maximum absolute atomic E-state index is 13.4. The second-order valence-electron chi connectivity index (χ2n) is 6.84. The molecule has 3 rings (SSSR count). The highest BCUT2D eigenvalue weighted by Crippen LogP contribution is 2.28. The Kier molecular flexibility index (Phi) is 7.10. The Hall–Kier alpha value is -1.74. The standard InChI is InChI=1S/C20H22ClFN2O3S2/c1-2-9-23(14-16-4-3-12-28-16)20(25)15-7-10-24(11-8-15)29(26,27)17-5-6-19(22)18(21)13-17/h2-6,12-13,15H,1,7-11,14H2. The molecule has 1 aromatic heterocycles. The van der Waals surface area contributed by atoms with Crippen molar-refractivity contribution in [2.45, 2.75) is 24.3 Å². The van der Waals surface area contributed by atoms with E-state index in [1.54, 1.807) is 22.3 Å². The molecule has 1 aliphatic rings. The molecule has 0 bridgehead atoms. The van der Waals surface area contributed by atoms with Gasteiger partial charge in [-0.15, -0.1) is 17.9 Å². The van der Waals surface area contributed by atoms with Gasteiger partial charge < -0.3 is 4.90 Å². The number of carbonyl (C=O) groups is 1. The van der Waals surface area contributed by atoms with Gasteiger partial charge >= 0.3 is 0 Å². The van der Waals surface area contributed by atoms with Crippen molar-refractivity contribution in [1.82, 2.24) is 9.21 Å². The summed E-state index contributed by atoms with van der Waals surface area (Å²) in [6, 6.07) is 7.30. The Balaban J connectivity index is 1.66. The number of hydrogen-bond donors (Lipinski definition) is 0. The molecule has 2 heterocycles. The average molecular weight is 457 g/mol. The van der Waals surface area contributed by atoms with Crippen LogP contribution in [0.1, 0.15) is 17.7 Å². The predicted molar refractivity (Wildman–Crippen MR) is 113 cm³/mol. The minimum absolute atomic E-state index is 0.0141. The average Bonchev–Trinajstić information content (AvgIpc) is 3.22. The van der Waals surface area contributed by atoms with Crippen molar-refractivity contribution < 1.29 is 17.6 Å². The van der Waals surface area contributed by atoms with Gasteiger partial charge in [0.2, 0.25) is 15.9 Å². The Bertz CT molecular complexity index is 972. The van der Waals surface area contributed by atoms with Gasteiger partial charge in [-0.2, -0.15) is 4.31 Å². The largest absolute Gasteiger partial charge is 0.334 e. The highest BCUT2D eigenvalue weighted by Gasteiger charge is 2.34. The molecule has 1 aliphatic heterocycles. The van der Waals surface area contributed by atoms with E-state index in [9.17, 15) is 17.6 Å². The van der Waals surface area contributed by atoms with Crippen LogP contribution in [0.15, 0.2) is 53.3 Å². The molecule has 0 N–H and O–H groups in total. The normalized spacial score (nSPS) is 15.9. The third-order valence-corrected chi connectivity index (χ3v) is 7.97. The number of amides is 1. The maximum Gasteiger partial charge on any atom is 0.243 e. The zero-order valence-corrected chi connectivity index (χ0v) is 18.1. The molecule has 1 aromatic carbocycles. The van der Waals surface area contributed by atoms with Crippen molar-refractivity contribution in [3.8, 4) is 0 Å². The number of carbonyl (C=O) groups excluding carboxylic acids is 1. The van der Waals surface area contributed by atoms with Crippen LogP contribution in [0, 0.1) is 11.7 Å². The molecule has 0 saturated carbocycles. The Morgan fingerprint density at radius 3 is 2.66 bits per heavy atom. The van der Waals surface area contributed by atoms with E-state index in [1.165, 1.54) is 10.4 Å². The first-order valence-electron chi connectivity index (χ1n) is 9.20. The lowest BCUT2D eigenvalue weighted by Gasteiger charge is -2.33. The van der Waals surface area contributed by atoms with Crippen molar-refractivity contribution >= 4 is 38.9 Å². The van der Waals surface area contributed by atoms with Gasteiger partial charge in [0.1, 0.15) is 5.82 Å². The second kappa shape index (κ2) is 9.38. The molecule has 2 aromatic rings. The van der Waals surface area contributed by atoms with Crippen molar-refractivity contribution in [3.05, 3.63) is 64.1 Å². The topological polar surface area (TPSA) is 57.7 Å². The molecule has 0 atom stereocenters. The summed E-state index contributed by atoms with van der Waals surface area (Å²) in [7, 11) is -3.78. The smallest absolute Gasteiger partial charge is 0.243 e. The molecular formula is C20H22ClFN2O3S2. The third kappa shape index (κ3) is 5.06. The zero-order chi connectivity index (χ0) is 21.0. The minimum Gasteiger partial charge on any atom is -0.334 e. The number of thiophene rings is 1. The fourth-order valence-corrected chi connectivity index (χ4v) is 5.83. The molecule has 0 unspecified atom stereocenters. The van der Waals surface area contributed by atoms with Crippen LogP contribution in [-0.2, 0) is 21.4 Å². The summed E-state index contributed by atoms with van der Waals surface area (Å²) in [5.74, 6) is -0.888. The van der Waals surface area contributed by atoms with Gasteiger partial charge in [-0.25, -0.2) is 12.8 Å². The van der Waals surface area contributed by atoms with E-state index in [1.807, 2.05) is 17.5 Å². The molecule has 0 spiro atoms. The van der Waals surface area contributed by atoms with Gasteiger partial charge in [-0.05, 0) is 42.5 Å². The molecule has 0 radical (unpaired) electrons. The summed E-state index contributed by atoms with van der Waals surface area (Å²) < 4.78 is 40.3. The summed E-state index contributed by atoms with van der Waals surface area (Å²) in [5, 5.41) is 1.74. The van der Waals surface area contributed by atoms with E-state index in [0.717, 1.165) is 17.0 Å². The van der Waals surface area contributed by atoms with E-state index in [2.05, 4.69) is 6.58 Å². The Morgan fingerprint density at radius 2 is 2.07 bits per heavy atom.